The van der Waals surface area contributed by atoms with E-state index in [1.54, 1.807) is 7.11 Å². The maximum Gasteiger partial charge on any atom is 0.139 e. The Morgan fingerprint density at radius 3 is 1.84 bits per heavy atom. The minimum atomic E-state index is 0.779. The molecule has 3 heterocycles. The van der Waals surface area contributed by atoms with Gasteiger partial charge in [-0.15, -0.1) is 0 Å². The highest BCUT2D eigenvalue weighted by molar-refractivity contribution is 6.29. The highest BCUT2D eigenvalue weighted by Crippen LogP contribution is 2.48. The van der Waals surface area contributed by atoms with E-state index in [9.17, 15) is 0 Å². The predicted molar refractivity (Wildman–Crippen MR) is 202 cm³/mol. The van der Waals surface area contributed by atoms with Crippen LogP contribution in [0.4, 0.5) is 0 Å². The molecule has 232 valence electrons. The van der Waals surface area contributed by atoms with E-state index in [4.69, 9.17) is 9.72 Å². The lowest BCUT2D eigenvalue weighted by Crippen LogP contribution is -1.98. The van der Waals surface area contributed by atoms with Crippen LogP contribution in [0.15, 0.2) is 158 Å². The van der Waals surface area contributed by atoms with Crippen LogP contribution in [0.1, 0.15) is 0 Å². The molecule has 10 aromatic rings. The zero-order chi connectivity index (χ0) is 32.5. The van der Waals surface area contributed by atoms with Crippen LogP contribution in [0.3, 0.4) is 0 Å². The third-order valence-electron chi connectivity index (χ3n) is 9.76. The SMILES string of the molecule is COc1ccc(-c2cc3c4ccccc4n(-c4ccccc4)c3c3c4ccccc4n(-c4ccccc4)c23)c(-c2nc3ccccc3[nH]2)c1. The van der Waals surface area contributed by atoms with Crippen molar-refractivity contribution in [1.29, 1.82) is 0 Å². The first kappa shape index (κ1) is 27.5. The van der Waals surface area contributed by atoms with Crippen LogP contribution >= 0.6 is 0 Å². The molecule has 5 nitrogen and oxygen atoms in total. The first-order valence-electron chi connectivity index (χ1n) is 16.5. The molecule has 0 saturated heterocycles. The molecule has 0 amide bonds. The Labute approximate surface area is 282 Å². The summed E-state index contributed by atoms with van der Waals surface area (Å²) in [6, 6.07) is 55.9. The van der Waals surface area contributed by atoms with Crippen molar-refractivity contribution in [3.8, 4) is 39.6 Å². The summed E-state index contributed by atoms with van der Waals surface area (Å²) in [7, 11) is 1.72. The number of nitrogens with one attached hydrogen (secondary N) is 1. The lowest BCUT2D eigenvalue weighted by molar-refractivity contribution is 0.415. The van der Waals surface area contributed by atoms with Crippen molar-refractivity contribution >= 4 is 54.6 Å². The summed E-state index contributed by atoms with van der Waals surface area (Å²) in [5, 5.41) is 4.81. The van der Waals surface area contributed by atoms with E-state index < -0.39 is 0 Å². The normalized spacial score (nSPS) is 11.8. The number of imidazole rings is 1. The number of aromatic nitrogens is 4. The Balaban J connectivity index is 1.45. The van der Waals surface area contributed by atoms with Crippen molar-refractivity contribution in [2.24, 2.45) is 0 Å². The van der Waals surface area contributed by atoms with Crippen LogP contribution in [-0.4, -0.2) is 26.2 Å². The summed E-state index contributed by atoms with van der Waals surface area (Å²) in [6.07, 6.45) is 0. The van der Waals surface area contributed by atoms with Crippen LogP contribution in [0.5, 0.6) is 5.75 Å². The van der Waals surface area contributed by atoms with Crippen molar-refractivity contribution in [2.45, 2.75) is 0 Å². The molecule has 0 aliphatic rings. The molecule has 5 heteroatoms. The minimum absolute atomic E-state index is 0.779. The summed E-state index contributed by atoms with van der Waals surface area (Å²) in [4.78, 5) is 8.69. The molecule has 10 rings (SSSR count). The standard InChI is InChI=1S/C44H30N4O/c1-49-30-24-25-31(36(26-30)44-45-37-20-10-11-21-38(37)46-44)34-27-35-32-18-8-12-22-39(32)47(28-14-4-2-5-15-28)43(35)41-33-19-9-13-23-40(33)48(42(34)41)29-16-6-3-7-17-29/h2-27H,1H3,(H,45,46). The fourth-order valence-electron chi connectivity index (χ4n) is 7.66. The zero-order valence-corrected chi connectivity index (χ0v) is 26.8. The van der Waals surface area contributed by atoms with Gasteiger partial charge >= 0.3 is 0 Å². The van der Waals surface area contributed by atoms with Gasteiger partial charge in [-0.3, -0.25) is 0 Å². The topological polar surface area (TPSA) is 47.8 Å². The molecule has 0 bridgehead atoms. The number of methoxy groups -OCH3 is 1. The van der Waals surface area contributed by atoms with E-state index >= 15 is 0 Å². The number of rotatable bonds is 5. The summed E-state index contributed by atoms with van der Waals surface area (Å²) in [6.45, 7) is 0. The molecule has 0 spiro atoms. The number of fused-ring (bicyclic) bond motifs is 8. The maximum atomic E-state index is 5.80. The van der Waals surface area contributed by atoms with Crippen LogP contribution in [-0.2, 0) is 0 Å². The highest BCUT2D eigenvalue weighted by atomic mass is 16.5. The van der Waals surface area contributed by atoms with Crippen LogP contribution in [0.25, 0.3) is 88.5 Å². The van der Waals surface area contributed by atoms with Crippen LogP contribution < -0.4 is 4.74 Å². The lowest BCUT2D eigenvalue weighted by atomic mass is 9.94. The zero-order valence-electron chi connectivity index (χ0n) is 26.8. The molecule has 3 aromatic heterocycles. The largest absolute Gasteiger partial charge is 0.497 e. The van der Waals surface area contributed by atoms with Crippen molar-refractivity contribution in [3.63, 3.8) is 0 Å². The van der Waals surface area contributed by atoms with Gasteiger partial charge < -0.3 is 18.9 Å². The molecule has 0 aliphatic heterocycles. The minimum Gasteiger partial charge on any atom is -0.497 e. The molecular formula is C44H30N4O. The molecular weight excluding hydrogens is 601 g/mol. The van der Waals surface area contributed by atoms with Gasteiger partial charge in [-0.25, -0.2) is 4.98 Å². The molecule has 0 atom stereocenters. The smallest absolute Gasteiger partial charge is 0.139 e. The molecule has 0 unspecified atom stereocenters. The van der Waals surface area contributed by atoms with Gasteiger partial charge in [0, 0.05) is 44.0 Å². The van der Waals surface area contributed by atoms with Gasteiger partial charge in [0.2, 0.25) is 0 Å². The molecule has 49 heavy (non-hydrogen) atoms. The quantitative estimate of drug-likeness (QED) is 0.206. The summed E-state index contributed by atoms with van der Waals surface area (Å²) in [5.41, 5.74) is 12.0. The predicted octanol–water partition coefficient (Wildman–Crippen LogP) is 11.1. The number of hydrogen-bond donors (Lipinski definition) is 1. The Kier molecular flexibility index (Phi) is 6.02. The summed E-state index contributed by atoms with van der Waals surface area (Å²) < 4.78 is 10.7. The van der Waals surface area contributed by atoms with Gasteiger partial charge in [0.25, 0.3) is 0 Å². The summed E-state index contributed by atoms with van der Waals surface area (Å²) in [5.74, 6) is 1.58. The molecule has 7 aromatic carbocycles. The number of ether oxygens (including phenoxy) is 1. The number of nitrogens with zero attached hydrogens (tertiary/aromatic N) is 3. The van der Waals surface area contributed by atoms with E-state index in [0.29, 0.717) is 0 Å². The second-order valence-corrected chi connectivity index (χ2v) is 12.4. The van der Waals surface area contributed by atoms with E-state index in [-0.39, 0.29) is 0 Å². The maximum absolute atomic E-state index is 5.80. The molecule has 0 fully saturated rings. The van der Waals surface area contributed by atoms with Crippen molar-refractivity contribution in [1.82, 2.24) is 19.1 Å². The Hall–Kier alpha value is -6.59. The van der Waals surface area contributed by atoms with Gasteiger partial charge in [-0.05, 0) is 78.4 Å². The number of hydrogen-bond acceptors (Lipinski definition) is 2. The highest BCUT2D eigenvalue weighted by Gasteiger charge is 2.26. The molecule has 1 N–H and O–H groups in total. The Bertz CT molecular complexity index is 2830. The average molecular weight is 631 g/mol. The van der Waals surface area contributed by atoms with E-state index in [1.165, 1.54) is 32.6 Å². The van der Waals surface area contributed by atoms with E-state index in [2.05, 4.69) is 154 Å². The van der Waals surface area contributed by atoms with Crippen LogP contribution in [0, 0.1) is 0 Å². The number of para-hydroxylation sites is 6. The fraction of sp³-hybridized carbons (Fsp3) is 0.0227. The first-order valence-corrected chi connectivity index (χ1v) is 16.5. The average Bonchev–Trinajstić information content (AvgIpc) is 3.85. The van der Waals surface area contributed by atoms with E-state index in [0.717, 1.165) is 61.7 Å². The molecule has 0 radical (unpaired) electrons. The lowest BCUT2D eigenvalue weighted by Gasteiger charge is -2.16. The van der Waals surface area contributed by atoms with Crippen molar-refractivity contribution in [3.05, 3.63) is 158 Å². The number of H-pyrrole nitrogens is 1. The van der Waals surface area contributed by atoms with Crippen molar-refractivity contribution < 1.29 is 4.74 Å². The van der Waals surface area contributed by atoms with Gasteiger partial charge in [-0.2, -0.15) is 0 Å². The van der Waals surface area contributed by atoms with E-state index in [1.807, 2.05) is 18.2 Å². The van der Waals surface area contributed by atoms with Crippen LogP contribution in [0.2, 0.25) is 0 Å². The number of benzene rings is 7. The van der Waals surface area contributed by atoms with Crippen molar-refractivity contribution in [2.75, 3.05) is 7.11 Å². The third-order valence-corrected chi connectivity index (χ3v) is 9.76. The first-order chi connectivity index (χ1) is 24.3. The second-order valence-electron chi connectivity index (χ2n) is 12.4. The molecule has 0 saturated carbocycles. The summed E-state index contributed by atoms with van der Waals surface area (Å²) >= 11 is 0. The molecule has 0 aliphatic carbocycles. The van der Waals surface area contributed by atoms with Gasteiger partial charge in [0.05, 0.1) is 40.2 Å². The number of aromatic amines is 1. The van der Waals surface area contributed by atoms with Gasteiger partial charge in [0.1, 0.15) is 11.6 Å². The van der Waals surface area contributed by atoms with Gasteiger partial charge in [0.15, 0.2) is 0 Å². The fourth-order valence-corrected chi connectivity index (χ4v) is 7.66. The monoisotopic (exact) mass is 630 g/mol. The van der Waals surface area contributed by atoms with Gasteiger partial charge in [-0.1, -0.05) is 84.9 Å². The second kappa shape index (κ2) is 10.7. The Morgan fingerprint density at radius 2 is 1.12 bits per heavy atom. The third kappa shape index (κ3) is 4.09. The Morgan fingerprint density at radius 1 is 0.510 bits per heavy atom.